The van der Waals surface area contributed by atoms with Crippen LogP contribution in [0.4, 0.5) is 5.69 Å². The maximum atomic E-state index is 11.2. The molecule has 96 valence electrons. The molecule has 5 heteroatoms. The third kappa shape index (κ3) is 2.90. The van der Waals surface area contributed by atoms with Gasteiger partial charge >= 0.3 is 0 Å². The maximum Gasteiger partial charge on any atom is 0.283 e. The highest BCUT2D eigenvalue weighted by atomic mass is 32.2. The van der Waals surface area contributed by atoms with Crippen LogP contribution < -0.4 is 0 Å². The molecule has 2 rings (SSSR count). The Morgan fingerprint density at radius 3 is 2.61 bits per heavy atom. The van der Waals surface area contributed by atoms with Crippen LogP contribution in [-0.4, -0.2) is 16.0 Å². The molecule has 0 spiro atoms. The minimum Gasteiger partial charge on any atom is -0.295 e. The predicted octanol–water partition coefficient (Wildman–Crippen LogP) is 3.83. The molecular formula is C13H15NO3S. The van der Waals surface area contributed by atoms with Crippen molar-refractivity contribution in [2.75, 3.05) is 0 Å². The highest BCUT2D eigenvalue weighted by molar-refractivity contribution is 8.00. The number of Topliss-reactive ketones (excluding diaryl/α,β-unsaturated/α-hetero) is 1. The van der Waals surface area contributed by atoms with E-state index in [1.807, 2.05) is 0 Å². The van der Waals surface area contributed by atoms with Crippen LogP contribution >= 0.6 is 11.8 Å². The van der Waals surface area contributed by atoms with Crippen molar-refractivity contribution >= 4 is 23.2 Å². The molecule has 0 saturated heterocycles. The van der Waals surface area contributed by atoms with Crippen LogP contribution in [0.2, 0.25) is 0 Å². The fourth-order valence-electron chi connectivity index (χ4n) is 2.16. The summed E-state index contributed by atoms with van der Waals surface area (Å²) in [4.78, 5) is 22.6. The molecule has 18 heavy (non-hydrogen) atoms. The van der Waals surface area contributed by atoms with Gasteiger partial charge in [0.2, 0.25) is 0 Å². The lowest BCUT2D eigenvalue weighted by molar-refractivity contribution is -0.387. The molecule has 0 aromatic heterocycles. The third-order valence-electron chi connectivity index (χ3n) is 3.16. The third-order valence-corrected chi connectivity index (χ3v) is 4.56. The molecule has 1 aromatic rings. The number of nitrogens with zero attached hydrogens (tertiary/aromatic N) is 1. The molecule has 0 unspecified atom stereocenters. The molecule has 0 bridgehead atoms. The molecule has 0 aliphatic heterocycles. The molecular weight excluding hydrogens is 250 g/mol. The molecule has 0 heterocycles. The number of nitro groups is 1. The summed E-state index contributed by atoms with van der Waals surface area (Å²) in [7, 11) is 0. The average Bonchev–Trinajstić information content (AvgIpc) is 2.81. The standard InChI is InChI=1S/C13H15NO3S/c1-9(15)10-6-7-13(12(8-10)14(16)17)18-11-4-2-3-5-11/h6-8,11H,2-5H2,1H3. The van der Waals surface area contributed by atoms with Crippen LogP contribution in [0, 0.1) is 10.1 Å². The smallest absolute Gasteiger partial charge is 0.283 e. The molecule has 1 saturated carbocycles. The van der Waals surface area contributed by atoms with Crippen molar-refractivity contribution in [3.63, 3.8) is 0 Å². The molecule has 4 nitrogen and oxygen atoms in total. The van der Waals surface area contributed by atoms with Crippen molar-refractivity contribution in [1.29, 1.82) is 0 Å². The fraction of sp³-hybridized carbons (Fsp3) is 0.462. The van der Waals surface area contributed by atoms with Gasteiger partial charge in [-0.25, -0.2) is 0 Å². The van der Waals surface area contributed by atoms with E-state index in [-0.39, 0.29) is 11.5 Å². The Bertz CT molecular complexity index is 481. The predicted molar refractivity (Wildman–Crippen MR) is 71.2 cm³/mol. The lowest BCUT2D eigenvalue weighted by Crippen LogP contribution is -2.00. The Kier molecular flexibility index (Phi) is 4.01. The zero-order valence-electron chi connectivity index (χ0n) is 10.2. The van der Waals surface area contributed by atoms with Crippen molar-refractivity contribution in [3.8, 4) is 0 Å². The first-order chi connectivity index (χ1) is 8.58. The monoisotopic (exact) mass is 265 g/mol. The highest BCUT2D eigenvalue weighted by Crippen LogP contribution is 2.39. The summed E-state index contributed by atoms with van der Waals surface area (Å²) in [6, 6.07) is 4.77. The minimum atomic E-state index is -0.399. The first-order valence-electron chi connectivity index (χ1n) is 6.04. The van der Waals surface area contributed by atoms with E-state index < -0.39 is 4.92 Å². The van der Waals surface area contributed by atoms with Crippen LogP contribution in [0.3, 0.4) is 0 Å². The Hall–Kier alpha value is -1.36. The summed E-state index contributed by atoms with van der Waals surface area (Å²) < 4.78 is 0. The van der Waals surface area contributed by atoms with Crippen LogP contribution in [0.25, 0.3) is 0 Å². The van der Waals surface area contributed by atoms with E-state index >= 15 is 0 Å². The summed E-state index contributed by atoms with van der Waals surface area (Å²) >= 11 is 1.57. The second-order valence-electron chi connectivity index (χ2n) is 4.52. The Morgan fingerprint density at radius 1 is 1.39 bits per heavy atom. The SMILES string of the molecule is CC(=O)c1ccc(SC2CCCC2)c([N+](=O)[O-])c1. The summed E-state index contributed by atoms with van der Waals surface area (Å²) in [5, 5.41) is 11.5. The highest BCUT2D eigenvalue weighted by Gasteiger charge is 2.22. The number of ketones is 1. The van der Waals surface area contributed by atoms with E-state index in [1.165, 1.54) is 25.8 Å². The average molecular weight is 265 g/mol. The summed E-state index contributed by atoms with van der Waals surface area (Å²) in [6.07, 6.45) is 4.65. The van der Waals surface area contributed by atoms with Crippen molar-refractivity contribution in [2.45, 2.75) is 42.8 Å². The lowest BCUT2D eigenvalue weighted by atomic mass is 10.1. The van der Waals surface area contributed by atoms with Crippen molar-refractivity contribution in [2.24, 2.45) is 0 Å². The van der Waals surface area contributed by atoms with E-state index in [0.717, 1.165) is 12.8 Å². The van der Waals surface area contributed by atoms with Crippen LogP contribution in [0.15, 0.2) is 23.1 Å². The summed E-state index contributed by atoms with van der Waals surface area (Å²) in [5.41, 5.74) is 0.456. The maximum absolute atomic E-state index is 11.2. The topological polar surface area (TPSA) is 60.2 Å². The van der Waals surface area contributed by atoms with E-state index in [4.69, 9.17) is 0 Å². The number of thioether (sulfide) groups is 1. The molecule has 0 N–H and O–H groups in total. The van der Waals surface area contributed by atoms with E-state index in [2.05, 4.69) is 0 Å². The van der Waals surface area contributed by atoms with Crippen molar-refractivity contribution in [3.05, 3.63) is 33.9 Å². The first-order valence-corrected chi connectivity index (χ1v) is 6.92. The van der Waals surface area contributed by atoms with Gasteiger partial charge in [0.15, 0.2) is 5.78 Å². The lowest BCUT2D eigenvalue weighted by Gasteiger charge is -2.09. The zero-order valence-corrected chi connectivity index (χ0v) is 11.0. The van der Waals surface area contributed by atoms with Gasteiger partial charge in [-0.2, -0.15) is 0 Å². The van der Waals surface area contributed by atoms with Gasteiger partial charge in [-0.1, -0.05) is 12.8 Å². The second kappa shape index (κ2) is 5.52. The minimum absolute atomic E-state index is 0.0552. The van der Waals surface area contributed by atoms with Gasteiger partial charge in [0, 0.05) is 16.9 Å². The first kappa shape index (κ1) is 13.1. The van der Waals surface area contributed by atoms with Crippen LogP contribution in [0.5, 0.6) is 0 Å². The Morgan fingerprint density at radius 2 is 2.06 bits per heavy atom. The van der Waals surface area contributed by atoms with Gasteiger partial charge in [0.1, 0.15) is 0 Å². The number of hydrogen-bond acceptors (Lipinski definition) is 4. The fourth-order valence-corrected chi connectivity index (χ4v) is 3.49. The number of rotatable bonds is 4. The Balaban J connectivity index is 2.28. The van der Waals surface area contributed by atoms with Gasteiger partial charge in [0.05, 0.1) is 9.82 Å². The Labute approximate surface area is 110 Å². The molecule has 1 fully saturated rings. The van der Waals surface area contributed by atoms with Gasteiger partial charge in [0.25, 0.3) is 5.69 Å². The number of carbonyl (C=O) groups is 1. The summed E-state index contributed by atoms with van der Waals surface area (Å²) in [5.74, 6) is -0.143. The number of carbonyl (C=O) groups excluding carboxylic acids is 1. The van der Waals surface area contributed by atoms with E-state index in [1.54, 1.807) is 23.9 Å². The van der Waals surface area contributed by atoms with Gasteiger partial charge in [-0.15, -0.1) is 11.8 Å². The molecule has 1 aliphatic carbocycles. The number of benzene rings is 1. The van der Waals surface area contributed by atoms with Crippen LogP contribution in [0.1, 0.15) is 43.0 Å². The van der Waals surface area contributed by atoms with Crippen molar-refractivity contribution < 1.29 is 9.72 Å². The molecule has 1 aliphatic rings. The van der Waals surface area contributed by atoms with E-state index in [0.29, 0.717) is 15.7 Å². The van der Waals surface area contributed by atoms with Crippen molar-refractivity contribution in [1.82, 2.24) is 0 Å². The van der Waals surface area contributed by atoms with Gasteiger partial charge < -0.3 is 0 Å². The van der Waals surface area contributed by atoms with Gasteiger partial charge in [-0.3, -0.25) is 14.9 Å². The molecule has 0 radical (unpaired) electrons. The van der Waals surface area contributed by atoms with E-state index in [9.17, 15) is 14.9 Å². The quantitative estimate of drug-likeness (QED) is 0.471. The molecule has 0 atom stereocenters. The number of nitro benzene ring substituents is 1. The zero-order chi connectivity index (χ0) is 13.1. The number of hydrogen-bond donors (Lipinski definition) is 0. The second-order valence-corrected chi connectivity index (χ2v) is 5.86. The molecule has 1 aromatic carbocycles. The van der Waals surface area contributed by atoms with Gasteiger partial charge in [-0.05, 0) is 31.9 Å². The normalized spacial score (nSPS) is 15.8. The largest absolute Gasteiger partial charge is 0.295 e. The summed E-state index contributed by atoms with van der Waals surface area (Å²) in [6.45, 7) is 1.42. The molecule has 0 amide bonds. The van der Waals surface area contributed by atoms with Crippen LogP contribution in [-0.2, 0) is 0 Å².